The zero-order chi connectivity index (χ0) is 12.3. The number of nitrogens with zero attached hydrogens (tertiary/aromatic N) is 1. The lowest BCUT2D eigenvalue weighted by atomic mass is 10.1. The molecule has 0 radical (unpaired) electrons. The summed E-state index contributed by atoms with van der Waals surface area (Å²) in [5.41, 5.74) is 1.09. The van der Waals surface area contributed by atoms with Crippen LogP contribution in [-0.2, 0) is 6.54 Å². The van der Waals surface area contributed by atoms with Gasteiger partial charge in [0.2, 0.25) is 0 Å². The molecule has 1 aromatic carbocycles. The molecule has 1 N–H and O–H groups in total. The lowest BCUT2D eigenvalue weighted by Crippen LogP contribution is -2.56. The lowest BCUT2D eigenvalue weighted by molar-refractivity contribution is 0.143. The third-order valence-corrected chi connectivity index (χ3v) is 3.27. The molecule has 1 aromatic rings. The van der Waals surface area contributed by atoms with E-state index in [1.54, 1.807) is 12.1 Å². The van der Waals surface area contributed by atoms with Gasteiger partial charge in [0.25, 0.3) is 6.43 Å². The van der Waals surface area contributed by atoms with Gasteiger partial charge in [-0.2, -0.15) is 0 Å². The molecule has 1 fully saturated rings. The van der Waals surface area contributed by atoms with Crippen LogP contribution in [0, 0.1) is 0 Å². The number of likely N-dealkylation sites (N-methyl/N-ethyl adjacent to an activating group) is 1. The largest absolute Gasteiger partial charge is 0.314 e. The van der Waals surface area contributed by atoms with Crippen molar-refractivity contribution in [2.24, 2.45) is 0 Å². The molecule has 1 aliphatic heterocycles. The predicted octanol–water partition coefficient (Wildman–Crippen LogP) is 2.42. The van der Waals surface area contributed by atoms with Crippen LogP contribution in [0.2, 0.25) is 0 Å². The summed E-state index contributed by atoms with van der Waals surface area (Å²) in [6.07, 6.45) is -2.38. The van der Waals surface area contributed by atoms with E-state index in [0.29, 0.717) is 6.04 Å². The van der Waals surface area contributed by atoms with Crippen LogP contribution < -0.4 is 5.32 Å². The number of hydrogen-bond donors (Lipinski definition) is 1. The van der Waals surface area contributed by atoms with Crippen LogP contribution in [0.4, 0.5) is 8.78 Å². The molecule has 4 heteroatoms. The van der Waals surface area contributed by atoms with Gasteiger partial charge in [0.15, 0.2) is 0 Å². The Labute approximate surface area is 101 Å². The first-order valence-corrected chi connectivity index (χ1v) is 6.02. The first kappa shape index (κ1) is 12.5. The van der Waals surface area contributed by atoms with Gasteiger partial charge in [-0.15, -0.1) is 0 Å². The molecule has 2 rings (SSSR count). The summed E-state index contributed by atoms with van der Waals surface area (Å²) in [6.45, 7) is 5.81. The van der Waals surface area contributed by atoms with Crippen LogP contribution in [0.5, 0.6) is 0 Å². The molecular weight excluding hydrogens is 222 g/mol. The summed E-state index contributed by atoms with van der Waals surface area (Å²) in [7, 11) is 0. The summed E-state index contributed by atoms with van der Waals surface area (Å²) < 4.78 is 25.2. The zero-order valence-electron chi connectivity index (χ0n) is 10.00. The number of benzene rings is 1. The standard InChI is InChI=1S/C13H18F2N2/c1-2-17(12-7-16-8-12)9-10-4-3-5-11(6-10)13(14)15/h3-6,12-13,16H,2,7-9H2,1H3. The molecule has 1 saturated heterocycles. The van der Waals surface area contributed by atoms with Gasteiger partial charge in [-0.25, -0.2) is 8.78 Å². The summed E-state index contributed by atoms with van der Waals surface area (Å²) in [5.74, 6) is 0. The van der Waals surface area contributed by atoms with Gasteiger partial charge in [-0.05, 0) is 18.2 Å². The van der Waals surface area contributed by atoms with Crippen LogP contribution in [-0.4, -0.2) is 30.6 Å². The molecule has 0 aliphatic carbocycles. The molecule has 1 aliphatic rings. The van der Waals surface area contributed by atoms with E-state index in [4.69, 9.17) is 0 Å². The average molecular weight is 240 g/mol. The van der Waals surface area contributed by atoms with Crippen molar-refractivity contribution in [3.63, 3.8) is 0 Å². The molecule has 0 aromatic heterocycles. The Bertz CT molecular complexity index is 364. The van der Waals surface area contributed by atoms with Gasteiger partial charge in [0.1, 0.15) is 0 Å². The van der Waals surface area contributed by atoms with Crippen molar-refractivity contribution in [2.75, 3.05) is 19.6 Å². The monoisotopic (exact) mass is 240 g/mol. The molecule has 2 nitrogen and oxygen atoms in total. The number of alkyl halides is 2. The normalized spacial score (nSPS) is 16.5. The maximum absolute atomic E-state index is 12.6. The average Bonchev–Trinajstić information content (AvgIpc) is 2.26. The van der Waals surface area contributed by atoms with Crippen molar-refractivity contribution in [1.29, 1.82) is 0 Å². The smallest absolute Gasteiger partial charge is 0.263 e. The van der Waals surface area contributed by atoms with E-state index in [9.17, 15) is 8.78 Å². The van der Waals surface area contributed by atoms with Crippen molar-refractivity contribution in [3.05, 3.63) is 35.4 Å². The Balaban J connectivity index is 2.03. The van der Waals surface area contributed by atoms with Crippen molar-refractivity contribution < 1.29 is 8.78 Å². The number of rotatable bonds is 5. The molecule has 0 bridgehead atoms. The Hall–Kier alpha value is -1.00. The SMILES string of the molecule is CCN(Cc1cccc(C(F)F)c1)C1CNC1. The fraction of sp³-hybridized carbons (Fsp3) is 0.538. The highest BCUT2D eigenvalue weighted by Crippen LogP contribution is 2.20. The van der Waals surface area contributed by atoms with E-state index in [0.717, 1.165) is 31.7 Å². The quantitative estimate of drug-likeness (QED) is 0.850. The zero-order valence-corrected chi connectivity index (χ0v) is 10.00. The molecular formula is C13H18F2N2. The third kappa shape index (κ3) is 3.01. The van der Waals surface area contributed by atoms with E-state index >= 15 is 0 Å². The lowest BCUT2D eigenvalue weighted by Gasteiger charge is -2.37. The fourth-order valence-electron chi connectivity index (χ4n) is 2.09. The molecule has 1 heterocycles. The van der Waals surface area contributed by atoms with E-state index < -0.39 is 6.43 Å². The number of halogens is 2. The number of nitrogens with one attached hydrogen (secondary N) is 1. The highest BCUT2D eigenvalue weighted by atomic mass is 19.3. The molecule has 94 valence electrons. The van der Waals surface area contributed by atoms with E-state index in [1.807, 2.05) is 6.07 Å². The van der Waals surface area contributed by atoms with Crippen LogP contribution >= 0.6 is 0 Å². The second-order valence-corrected chi connectivity index (χ2v) is 4.42. The van der Waals surface area contributed by atoms with Gasteiger partial charge in [-0.1, -0.05) is 25.1 Å². The summed E-state index contributed by atoms with van der Waals surface area (Å²) >= 11 is 0. The Kier molecular flexibility index (Phi) is 4.07. The first-order valence-electron chi connectivity index (χ1n) is 6.02. The third-order valence-electron chi connectivity index (χ3n) is 3.27. The summed E-state index contributed by atoms with van der Waals surface area (Å²) in [4.78, 5) is 2.32. The summed E-state index contributed by atoms with van der Waals surface area (Å²) in [5, 5.41) is 3.23. The van der Waals surface area contributed by atoms with Crippen molar-refractivity contribution in [3.8, 4) is 0 Å². The van der Waals surface area contributed by atoms with Crippen molar-refractivity contribution >= 4 is 0 Å². The molecule has 0 spiro atoms. The molecule has 0 saturated carbocycles. The Morgan fingerprint density at radius 1 is 1.41 bits per heavy atom. The molecule has 0 unspecified atom stereocenters. The predicted molar refractivity (Wildman–Crippen MR) is 64.1 cm³/mol. The minimum absolute atomic E-state index is 0.116. The van der Waals surface area contributed by atoms with Crippen LogP contribution in [0.3, 0.4) is 0 Å². The Morgan fingerprint density at radius 3 is 2.71 bits per heavy atom. The second-order valence-electron chi connectivity index (χ2n) is 4.42. The minimum atomic E-state index is -2.38. The highest BCUT2D eigenvalue weighted by Gasteiger charge is 2.23. The van der Waals surface area contributed by atoms with E-state index in [-0.39, 0.29) is 5.56 Å². The first-order chi connectivity index (χ1) is 8.20. The molecule has 17 heavy (non-hydrogen) atoms. The Morgan fingerprint density at radius 2 is 2.18 bits per heavy atom. The van der Waals surface area contributed by atoms with Gasteiger partial charge in [-0.3, -0.25) is 4.90 Å². The topological polar surface area (TPSA) is 15.3 Å². The van der Waals surface area contributed by atoms with Crippen LogP contribution in [0.25, 0.3) is 0 Å². The number of hydrogen-bond acceptors (Lipinski definition) is 2. The second kappa shape index (κ2) is 5.56. The highest BCUT2D eigenvalue weighted by molar-refractivity contribution is 5.24. The minimum Gasteiger partial charge on any atom is -0.314 e. The van der Waals surface area contributed by atoms with E-state index in [2.05, 4.69) is 17.1 Å². The maximum atomic E-state index is 12.6. The maximum Gasteiger partial charge on any atom is 0.263 e. The van der Waals surface area contributed by atoms with Gasteiger partial charge >= 0.3 is 0 Å². The van der Waals surface area contributed by atoms with E-state index in [1.165, 1.54) is 6.07 Å². The summed E-state index contributed by atoms with van der Waals surface area (Å²) in [6, 6.07) is 7.27. The van der Waals surface area contributed by atoms with Gasteiger partial charge < -0.3 is 5.32 Å². The van der Waals surface area contributed by atoms with Gasteiger partial charge in [0, 0.05) is 31.2 Å². The van der Waals surface area contributed by atoms with Crippen molar-refractivity contribution in [2.45, 2.75) is 25.9 Å². The molecule has 0 atom stereocenters. The van der Waals surface area contributed by atoms with Crippen molar-refractivity contribution in [1.82, 2.24) is 10.2 Å². The van der Waals surface area contributed by atoms with Crippen LogP contribution in [0.1, 0.15) is 24.5 Å². The fourth-order valence-corrected chi connectivity index (χ4v) is 2.09. The van der Waals surface area contributed by atoms with Crippen LogP contribution in [0.15, 0.2) is 24.3 Å². The van der Waals surface area contributed by atoms with Gasteiger partial charge in [0.05, 0.1) is 0 Å². The molecule has 0 amide bonds.